The maximum atomic E-state index is 12.3. The van der Waals surface area contributed by atoms with E-state index in [9.17, 15) is 9.59 Å². The second-order valence-corrected chi connectivity index (χ2v) is 5.06. The molecule has 0 saturated carbocycles. The van der Waals surface area contributed by atoms with Crippen LogP contribution in [0.5, 0.6) is 0 Å². The molecule has 1 saturated heterocycles. The number of aryl methyl sites for hydroxylation is 1. The molecule has 1 aliphatic rings. The van der Waals surface area contributed by atoms with E-state index in [-0.39, 0.29) is 17.7 Å². The SMILES string of the molecule is Cc1ccc(C(=O)N2CCCCC(C)C2=O)cc1. The van der Waals surface area contributed by atoms with Crippen LogP contribution in [0.2, 0.25) is 0 Å². The van der Waals surface area contributed by atoms with Crippen LogP contribution in [0, 0.1) is 12.8 Å². The Labute approximate surface area is 108 Å². The molecule has 0 bridgehead atoms. The largest absolute Gasteiger partial charge is 0.278 e. The summed E-state index contributed by atoms with van der Waals surface area (Å²) < 4.78 is 0. The lowest BCUT2D eigenvalue weighted by Gasteiger charge is -2.20. The van der Waals surface area contributed by atoms with Gasteiger partial charge < -0.3 is 0 Å². The van der Waals surface area contributed by atoms with Crippen molar-refractivity contribution in [2.24, 2.45) is 5.92 Å². The van der Waals surface area contributed by atoms with Gasteiger partial charge in [0, 0.05) is 18.0 Å². The van der Waals surface area contributed by atoms with Crippen LogP contribution >= 0.6 is 0 Å². The van der Waals surface area contributed by atoms with Gasteiger partial charge in [-0.25, -0.2) is 0 Å². The average molecular weight is 245 g/mol. The van der Waals surface area contributed by atoms with Gasteiger partial charge in [-0.05, 0) is 31.9 Å². The first-order valence-corrected chi connectivity index (χ1v) is 6.52. The number of rotatable bonds is 1. The Morgan fingerprint density at radius 2 is 1.89 bits per heavy atom. The highest BCUT2D eigenvalue weighted by Gasteiger charge is 2.28. The Hall–Kier alpha value is -1.64. The van der Waals surface area contributed by atoms with E-state index in [1.54, 1.807) is 12.1 Å². The van der Waals surface area contributed by atoms with E-state index in [0.717, 1.165) is 24.8 Å². The molecule has 1 fully saturated rings. The van der Waals surface area contributed by atoms with Gasteiger partial charge in [0.2, 0.25) is 5.91 Å². The minimum Gasteiger partial charge on any atom is -0.278 e. The normalized spacial score (nSPS) is 20.7. The second kappa shape index (κ2) is 5.34. The number of carbonyl (C=O) groups is 2. The molecule has 1 aromatic rings. The third-order valence-corrected chi connectivity index (χ3v) is 3.50. The van der Waals surface area contributed by atoms with Crippen molar-refractivity contribution in [3.63, 3.8) is 0 Å². The van der Waals surface area contributed by atoms with E-state index in [2.05, 4.69) is 0 Å². The highest BCUT2D eigenvalue weighted by atomic mass is 16.2. The van der Waals surface area contributed by atoms with E-state index < -0.39 is 0 Å². The Morgan fingerprint density at radius 1 is 1.22 bits per heavy atom. The fourth-order valence-electron chi connectivity index (χ4n) is 2.27. The van der Waals surface area contributed by atoms with Gasteiger partial charge in [-0.15, -0.1) is 0 Å². The molecule has 0 N–H and O–H groups in total. The smallest absolute Gasteiger partial charge is 0.260 e. The fourth-order valence-corrected chi connectivity index (χ4v) is 2.27. The average Bonchev–Trinajstić information content (AvgIpc) is 2.53. The number of likely N-dealkylation sites (tertiary alicyclic amines) is 1. The third-order valence-electron chi connectivity index (χ3n) is 3.50. The summed E-state index contributed by atoms with van der Waals surface area (Å²) in [5, 5.41) is 0. The molecule has 1 atom stereocenters. The van der Waals surface area contributed by atoms with Gasteiger partial charge in [0.15, 0.2) is 0 Å². The summed E-state index contributed by atoms with van der Waals surface area (Å²) in [6, 6.07) is 7.39. The number of carbonyl (C=O) groups excluding carboxylic acids is 2. The molecule has 96 valence electrons. The first kappa shape index (κ1) is 12.8. The number of amides is 2. The van der Waals surface area contributed by atoms with Crippen LogP contribution in [-0.4, -0.2) is 23.3 Å². The summed E-state index contributed by atoms with van der Waals surface area (Å²) in [4.78, 5) is 25.9. The molecule has 2 amide bonds. The number of nitrogens with zero attached hydrogens (tertiary/aromatic N) is 1. The molecule has 1 aliphatic heterocycles. The molecular weight excluding hydrogens is 226 g/mol. The molecule has 0 aliphatic carbocycles. The molecule has 18 heavy (non-hydrogen) atoms. The Kier molecular flexibility index (Phi) is 3.80. The van der Waals surface area contributed by atoms with E-state index in [0.29, 0.717) is 12.1 Å². The number of benzene rings is 1. The van der Waals surface area contributed by atoms with E-state index in [4.69, 9.17) is 0 Å². The zero-order valence-electron chi connectivity index (χ0n) is 11.0. The number of imide groups is 1. The van der Waals surface area contributed by atoms with Crippen molar-refractivity contribution in [2.75, 3.05) is 6.54 Å². The van der Waals surface area contributed by atoms with Crippen LogP contribution in [0.25, 0.3) is 0 Å². The molecule has 3 nitrogen and oxygen atoms in total. The predicted octanol–water partition coefficient (Wildman–Crippen LogP) is 2.78. The molecule has 0 radical (unpaired) electrons. The van der Waals surface area contributed by atoms with E-state index in [1.165, 1.54) is 4.90 Å². The Bertz CT molecular complexity index is 450. The topological polar surface area (TPSA) is 37.4 Å². The highest BCUT2D eigenvalue weighted by Crippen LogP contribution is 2.19. The Morgan fingerprint density at radius 3 is 2.56 bits per heavy atom. The van der Waals surface area contributed by atoms with Crippen molar-refractivity contribution in [1.82, 2.24) is 4.90 Å². The molecule has 2 rings (SSSR count). The minimum atomic E-state index is -0.159. The first-order valence-electron chi connectivity index (χ1n) is 6.52. The summed E-state index contributed by atoms with van der Waals surface area (Å²) in [7, 11) is 0. The maximum absolute atomic E-state index is 12.3. The molecule has 0 spiro atoms. The molecule has 1 aromatic carbocycles. The van der Waals surface area contributed by atoms with Gasteiger partial charge >= 0.3 is 0 Å². The van der Waals surface area contributed by atoms with Crippen LogP contribution in [0.3, 0.4) is 0 Å². The Balaban J connectivity index is 2.21. The monoisotopic (exact) mass is 245 g/mol. The standard InChI is InChI=1S/C15H19NO2/c1-11-6-8-13(9-7-11)15(18)16-10-4-3-5-12(2)14(16)17/h6-9,12H,3-5,10H2,1-2H3. The van der Waals surface area contributed by atoms with Gasteiger partial charge in [-0.3, -0.25) is 14.5 Å². The highest BCUT2D eigenvalue weighted by molar-refractivity contribution is 6.05. The van der Waals surface area contributed by atoms with Crippen molar-refractivity contribution in [3.8, 4) is 0 Å². The van der Waals surface area contributed by atoms with Gasteiger partial charge in [0.1, 0.15) is 0 Å². The molecular formula is C15H19NO2. The van der Waals surface area contributed by atoms with Crippen molar-refractivity contribution in [2.45, 2.75) is 33.1 Å². The summed E-state index contributed by atoms with van der Waals surface area (Å²) in [5.41, 5.74) is 1.71. The van der Waals surface area contributed by atoms with Gasteiger partial charge in [-0.2, -0.15) is 0 Å². The van der Waals surface area contributed by atoms with Gasteiger partial charge in [0.25, 0.3) is 5.91 Å². The summed E-state index contributed by atoms with van der Waals surface area (Å²) in [6.07, 6.45) is 2.81. The summed E-state index contributed by atoms with van der Waals surface area (Å²) in [6.45, 7) is 4.44. The molecule has 1 heterocycles. The van der Waals surface area contributed by atoms with Crippen molar-refractivity contribution in [3.05, 3.63) is 35.4 Å². The van der Waals surface area contributed by atoms with Crippen LogP contribution in [0.15, 0.2) is 24.3 Å². The van der Waals surface area contributed by atoms with Crippen LogP contribution in [0.4, 0.5) is 0 Å². The van der Waals surface area contributed by atoms with Crippen molar-refractivity contribution >= 4 is 11.8 Å². The van der Waals surface area contributed by atoms with Crippen LogP contribution in [-0.2, 0) is 4.79 Å². The zero-order valence-corrected chi connectivity index (χ0v) is 11.0. The number of hydrogen-bond donors (Lipinski definition) is 0. The van der Waals surface area contributed by atoms with E-state index >= 15 is 0 Å². The van der Waals surface area contributed by atoms with E-state index in [1.807, 2.05) is 26.0 Å². The first-order chi connectivity index (χ1) is 8.59. The quantitative estimate of drug-likeness (QED) is 0.713. The zero-order chi connectivity index (χ0) is 13.1. The van der Waals surface area contributed by atoms with Crippen molar-refractivity contribution in [1.29, 1.82) is 0 Å². The summed E-state index contributed by atoms with van der Waals surface area (Å²) in [5.74, 6) is -0.228. The molecule has 1 unspecified atom stereocenters. The lowest BCUT2D eigenvalue weighted by atomic mass is 10.1. The van der Waals surface area contributed by atoms with Crippen molar-refractivity contribution < 1.29 is 9.59 Å². The minimum absolute atomic E-state index is 0.0296. The lowest BCUT2D eigenvalue weighted by Crippen LogP contribution is -2.39. The predicted molar refractivity (Wildman–Crippen MR) is 70.2 cm³/mol. The summed E-state index contributed by atoms with van der Waals surface area (Å²) >= 11 is 0. The lowest BCUT2D eigenvalue weighted by molar-refractivity contribution is -0.131. The maximum Gasteiger partial charge on any atom is 0.260 e. The molecule has 3 heteroatoms. The van der Waals surface area contributed by atoms with Gasteiger partial charge in [-0.1, -0.05) is 31.0 Å². The van der Waals surface area contributed by atoms with Crippen LogP contribution < -0.4 is 0 Å². The number of hydrogen-bond acceptors (Lipinski definition) is 2. The van der Waals surface area contributed by atoms with Gasteiger partial charge in [0.05, 0.1) is 0 Å². The van der Waals surface area contributed by atoms with Crippen LogP contribution in [0.1, 0.15) is 42.1 Å². The molecule has 0 aromatic heterocycles. The third kappa shape index (κ3) is 2.61. The second-order valence-electron chi connectivity index (χ2n) is 5.06. The fraction of sp³-hybridized carbons (Fsp3) is 0.467.